The maximum Gasteiger partial charge on any atom is 0.224 e. The summed E-state index contributed by atoms with van der Waals surface area (Å²) >= 11 is 0. The van der Waals surface area contributed by atoms with Crippen molar-refractivity contribution < 1.29 is 9.18 Å². The highest BCUT2D eigenvalue weighted by Gasteiger charge is 2.15. The summed E-state index contributed by atoms with van der Waals surface area (Å²) in [6, 6.07) is 18.5. The quantitative estimate of drug-likeness (QED) is 0.241. The lowest BCUT2D eigenvalue weighted by atomic mass is 10.0. The summed E-state index contributed by atoms with van der Waals surface area (Å²) in [6.07, 6.45) is 6.38. The van der Waals surface area contributed by atoms with Crippen LogP contribution >= 0.6 is 0 Å². The molecule has 8 heteroatoms. The third-order valence-electron chi connectivity index (χ3n) is 6.32. The van der Waals surface area contributed by atoms with E-state index in [0.717, 1.165) is 56.4 Å². The van der Waals surface area contributed by atoms with Crippen LogP contribution in [0.5, 0.6) is 0 Å². The summed E-state index contributed by atoms with van der Waals surface area (Å²) in [4.78, 5) is 24.4. The van der Waals surface area contributed by atoms with Crippen molar-refractivity contribution in [3.8, 4) is 33.6 Å². The normalized spacial score (nSPS) is 11.3. The van der Waals surface area contributed by atoms with E-state index in [-0.39, 0.29) is 11.7 Å². The molecule has 37 heavy (non-hydrogen) atoms. The van der Waals surface area contributed by atoms with Gasteiger partial charge in [-0.05, 0) is 53.9 Å². The SMILES string of the molecule is CCCC(=O)Nc1cncc(-c2cnc3[nH]nc(-c4cc5c(-c6ccc(F)cc6)cccc5[nH]4)c3c2)c1. The van der Waals surface area contributed by atoms with Gasteiger partial charge in [0.25, 0.3) is 0 Å². The first-order valence-electron chi connectivity index (χ1n) is 12.1. The van der Waals surface area contributed by atoms with Gasteiger partial charge in [-0.3, -0.25) is 14.9 Å². The van der Waals surface area contributed by atoms with Crippen LogP contribution < -0.4 is 5.32 Å². The maximum absolute atomic E-state index is 13.5. The van der Waals surface area contributed by atoms with E-state index in [1.54, 1.807) is 30.7 Å². The molecular weight excluding hydrogens is 467 g/mol. The fourth-order valence-corrected chi connectivity index (χ4v) is 4.55. The Morgan fingerprint density at radius 3 is 2.62 bits per heavy atom. The van der Waals surface area contributed by atoms with Crippen molar-refractivity contribution >= 4 is 33.5 Å². The third-order valence-corrected chi connectivity index (χ3v) is 6.32. The monoisotopic (exact) mass is 490 g/mol. The fraction of sp³-hybridized carbons (Fsp3) is 0.103. The number of anilines is 1. The number of hydrogen-bond donors (Lipinski definition) is 3. The Morgan fingerprint density at radius 2 is 1.78 bits per heavy atom. The lowest BCUT2D eigenvalue weighted by Gasteiger charge is -2.07. The Bertz CT molecular complexity index is 1750. The minimum atomic E-state index is -0.263. The molecule has 0 radical (unpaired) electrons. The number of nitrogens with zero attached hydrogens (tertiary/aromatic N) is 3. The molecule has 0 atom stereocenters. The van der Waals surface area contributed by atoms with Crippen molar-refractivity contribution in [1.29, 1.82) is 0 Å². The number of nitrogens with one attached hydrogen (secondary N) is 3. The molecule has 0 saturated heterocycles. The Morgan fingerprint density at radius 1 is 0.946 bits per heavy atom. The van der Waals surface area contributed by atoms with Gasteiger partial charge in [0.1, 0.15) is 11.5 Å². The minimum absolute atomic E-state index is 0.0361. The topological polar surface area (TPSA) is 99.3 Å². The molecule has 0 bridgehead atoms. The molecule has 0 aliphatic rings. The number of pyridine rings is 2. The molecule has 0 spiro atoms. The number of fused-ring (bicyclic) bond motifs is 2. The number of rotatable bonds is 6. The van der Waals surface area contributed by atoms with Crippen LogP contribution in [-0.2, 0) is 4.79 Å². The average Bonchev–Trinajstić information content (AvgIpc) is 3.53. The number of carbonyl (C=O) groups excluding carboxylic acids is 1. The van der Waals surface area contributed by atoms with Gasteiger partial charge in [0.15, 0.2) is 5.65 Å². The van der Waals surface area contributed by atoms with E-state index in [1.165, 1.54) is 12.1 Å². The van der Waals surface area contributed by atoms with Gasteiger partial charge in [-0.1, -0.05) is 31.2 Å². The Kier molecular flexibility index (Phi) is 5.69. The molecule has 6 aromatic rings. The lowest BCUT2D eigenvalue weighted by Crippen LogP contribution is -2.10. The molecule has 6 rings (SSSR count). The second kappa shape index (κ2) is 9.31. The fourth-order valence-electron chi connectivity index (χ4n) is 4.55. The van der Waals surface area contributed by atoms with Crippen molar-refractivity contribution in [2.24, 2.45) is 0 Å². The smallest absolute Gasteiger partial charge is 0.224 e. The average molecular weight is 491 g/mol. The zero-order chi connectivity index (χ0) is 25.4. The number of aromatic nitrogens is 5. The number of hydrogen-bond acceptors (Lipinski definition) is 4. The van der Waals surface area contributed by atoms with Gasteiger partial charge in [0.2, 0.25) is 5.91 Å². The highest BCUT2D eigenvalue weighted by molar-refractivity contribution is 6.01. The van der Waals surface area contributed by atoms with E-state index in [0.29, 0.717) is 17.8 Å². The maximum atomic E-state index is 13.5. The van der Waals surface area contributed by atoms with Gasteiger partial charge in [0, 0.05) is 46.2 Å². The van der Waals surface area contributed by atoms with Gasteiger partial charge in [-0.2, -0.15) is 5.10 Å². The van der Waals surface area contributed by atoms with E-state index in [4.69, 9.17) is 0 Å². The van der Waals surface area contributed by atoms with Crippen LogP contribution in [-0.4, -0.2) is 31.1 Å². The van der Waals surface area contributed by atoms with Crippen LogP contribution in [0.3, 0.4) is 0 Å². The Hall–Kier alpha value is -4.85. The van der Waals surface area contributed by atoms with Crippen molar-refractivity contribution in [3.05, 3.63) is 85.1 Å². The number of benzene rings is 2. The Balaban J connectivity index is 1.40. The van der Waals surface area contributed by atoms with Gasteiger partial charge in [-0.15, -0.1) is 0 Å². The standard InChI is InChI=1S/C29H23FN6O/c1-2-4-27(37)33-21-11-18(14-31-16-21)19-12-24-28(35-36-29(24)32-15-19)26-13-23-22(5-3-6-25(23)34-26)17-7-9-20(30)10-8-17/h3,5-16,34H,2,4H2,1H3,(H,33,37)(H,32,35,36). The second-order valence-corrected chi connectivity index (χ2v) is 8.91. The molecule has 2 aromatic carbocycles. The number of aromatic amines is 2. The molecule has 3 N–H and O–H groups in total. The molecule has 7 nitrogen and oxygen atoms in total. The molecule has 1 amide bonds. The van der Waals surface area contributed by atoms with Gasteiger partial charge in [-0.25, -0.2) is 9.37 Å². The summed E-state index contributed by atoms with van der Waals surface area (Å²) in [6.45, 7) is 1.97. The molecule has 4 heterocycles. The largest absolute Gasteiger partial charge is 0.353 e. The molecule has 0 aliphatic heterocycles. The molecule has 0 unspecified atom stereocenters. The Labute approximate surface area is 211 Å². The number of H-pyrrole nitrogens is 2. The molecule has 0 fully saturated rings. The third kappa shape index (κ3) is 4.33. The predicted molar refractivity (Wildman–Crippen MR) is 143 cm³/mol. The van der Waals surface area contributed by atoms with E-state index in [2.05, 4.69) is 36.5 Å². The zero-order valence-corrected chi connectivity index (χ0v) is 20.0. The first kappa shape index (κ1) is 22.6. The van der Waals surface area contributed by atoms with Crippen molar-refractivity contribution in [2.75, 3.05) is 5.32 Å². The van der Waals surface area contributed by atoms with Crippen LogP contribution in [0, 0.1) is 5.82 Å². The molecular formula is C29H23FN6O. The van der Waals surface area contributed by atoms with Gasteiger partial charge >= 0.3 is 0 Å². The highest BCUT2D eigenvalue weighted by Crippen LogP contribution is 2.35. The molecule has 0 saturated carbocycles. The van der Waals surface area contributed by atoms with E-state index in [9.17, 15) is 9.18 Å². The van der Waals surface area contributed by atoms with Crippen LogP contribution in [0.15, 0.2) is 79.3 Å². The summed E-state index contributed by atoms with van der Waals surface area (Å²) in [5.41, 5.74) is 7.49. The van der Waals surface area contributed by atoms with Crippen molar-refractivity contribution in [2.45, 2.75) is 19.8 Å². The first-order valence-corrected chi connectivity index (χ1v) is 12.1. The summed E-state index contributed by atoms with van der Waals surface area (Å²) < 4.78 is 13.5. The first-order chi connectivity index (χ1) is 18.1. The van der Waals surface area contributed by atoms with Crippen molar-refractivity contribution in [1.82, 2.24) is 25.1 Å². The lowest BCUT2D eigenvalue weighted by molar-refractivity contribution is -0.116. The predicted octanol–water partition coefficient (Wildman–Crippen LogP) is 6.71. The van der Waals surface area contributed by atoms with Gasteiger partial charge < -0.3 is 10.3 Å². The second-order valence-electron chi connectivity index (χ2n) is 8.91. The van der Waals surface area contributed by atoms with E-state index < -0.39 is 0 Å². The van der Waals surface area contributed by atoms with Crippen LogP contribution in [0.4, 0.5) is 10.1 Å². The van der Waals surface area contributed by atoms with E-state index in [1.807, 2.05) is 37.3 Å². The number of amides is 1. The number of halogens is 1. The molecule has 4 aromatic heterocycles. The molecule has 182 valence electrons. The van der Waals surface area contributed by atoms with Crippen molar-refractivity contribution in [3.63, 3.8) is 0 Å². The summed E-state index contributed by atoms with van der Waals surface area (Å²) in [5.74, 6) is -0.299. The number of carbonyl (C=O) groups is 1. The van der Waals surface area contributed by atoms with E-state index >= 15 is 0 Å². The van der Waals surface area contributed by atoms with Crippen LogP contribution in [0.1, 0.15) is 19.8 Å². The van der Waals surface area contributed by atoms with Crippen LogP contribution in [0.2, 0.25) is 0 Å². The minimum Gasteiger partial charge on any atom is -0.353 e. The van der Waals surface area contributed by atoms with Crippen LogP contribution in [0.25, 0.3) is 55.6 Å². The summed E-state index contributed by atoms with van der Waals surface area (Å²) in [7, 11) is 0. The zero-order valence-electron chi connectivity index (χ0n) is 20.0. The summed E-state index contributed by atoms with van der Waals surface area (Å²) in [5, 5.41) is 12.3. The van der Waals surface area contributed by atoms with Gasteiger partial charge in [0.05, 0.1) is 17.6 Å². The molecule has 0 aliphatic carbocycles. The highest BCUT2D eigenvalue weighted by atomic mass is 19.1.